The number of nitrogen functional groups attached to an aromatic ring is 1. The van der Waals surface area contributed by atoms with Crippen molar-refractivity contribution in [2.45, 2.75) is 32.3 Å². The van der Waals surface area contributed by atoms with E-state index in [1.54, 1.807) is 6.07 Å². The molecule has 0 bridgehead atoms. The molecular weight excluding hydrogens is 296 g/mol. The number of rotatable bonds is 4. The van der Waals surface area contributed by atoms with E-state index in [2.05, 4.69) is 37.7 Å². The average molecular weight is 315 g/mol. The molecule has 6 heteroatoms. The maximum absolute atomic E-state index is 5.80. The van der Waals surface area contributed by atoms with Gasteiger partial charge in [0.05, 0.1) is 6.10 Å². The maximum Gasteiger partial charge on any atom is 0.228 e. The third-order valence-electron chi connectivity index (χ3n) is 2.92. The summed E-state index contributed by atoms with van der Waals surface area (Å²) < 4.78 is 6.53. The van der Waals surface area contributed by atoms with Crippen LogP contribution in [0.15, 0.2) is 10.7 Å². The van der Waals surface area contributed by atoms with Gasteiger partial charge in [0.1, 0.15) is 10.4 Å². The predicted molar refractivity (Wildman–Crippen MR) is 75.6 cm³/mol. The monoisotopic (exact) mass is 314 g/mol. The molecule has 0 saturated carbocycles. The van der Waals surface area contributed by atoms with Crippen LogP contribution < -0.4 is 10.6 Å². The van der Waals surface area contributed by atoms with Crippen LogP contribution in [-0.4, -0.2) is 35.8 Å². The molecule has 1 aliphatic rings. The van der Waals surface area contributed by atoms with Crippen molar-refractivity contribution >= 4 is 27.7 Å². The van der Waals surface area contributed by atoms with E-state index in [1.807, 2.05) is 0 Å². The fraction of sp³-hybridized carbons (Fsp3) is 0.667. The van der Waals surface area contributed by atoms with Crippen molar-refractivity contribution in [3.63, 3.8) is 0 Å². The van der Waals surface area contributed by atoms with Crippen molar-refractivity contribution in [2.24, 2.45) is 0 Å². The Morgan fingerprint density at radius 2 is 2.39 bits per heavy atom. The predicted octanol–water partition coefficient (Wildman–Crippen LogP) is 2.22. The maximum atomic E-state index is 5.80. The molecule has 1 aromatic rings. The number of piperidine rings is 1. The van der Waals surface area contributed by atoms with Gasteiger partial charge in [-0.15, -0.1) is 0 Å². The first-order valence-electron chi connectivity index (χ1n) is 6.35. The lowest BCUT2D eigenvalue weighted by atomic mass is 10.1. The third kappa shape index (κ3) is 3.55. The highest BCUT2D eigenvalue weighted by molar-refractivity contribution is 9.10. The van der Waals surface area contributed by atoms with E-state index in [9.17, 15) is 0 Å². The van der Waals surface area contributed by atoms with Crippen LogP contribution >= 0.6 is 15.9 Å². The van der Waals surface area contributed by atoms with E-state index in [1.165, 1.54) is 0 Å². The SMILES string of the molecule is CCCOC1CCCN(c2nc(N)cc(Br)n2)C1. The molecule has 18 heavy (non-hydrogen) atoms. The summed E-state index contributed by atoms with van der Waals surface area (Å²) in [5.74, 6) is 1.18. The van der Waals surface area contributed by atoms with Crippen LogP contribution in [0.2, 0.25) is 0 Å². The Hall–Kier alpha value is -0.880. The second-order valence-corrected chi connectivity index (χ2v) is 5.31. The van der Waals surface area contributed by atoms with Crippen LogP contribution in [0.4, 0.5) is 11.8 Å². The van der Waals surface area contributed by atoms with Crippen LogP contribution in [0.25, 0.3) is 0 Å². The van der Waals surface area contributed by atoms with Crippen LogP contribution in [0.1, 0.15) is 26.2 Å². The third-order valence-corrected chi connectivity index (χ3v) is 3.33. The second-order valence-electron chi connectivity index (χ2n) is 4.50. The van der Waals surface area contributed by atoms with Crippen LogP contribution in [-0.2, 0) is 4.74 Å². The summed E-state index contributed by atoms with van der Waals surface area (Å²) in [6, 6.07) is 1.71. The van der Waals surface area contributed by atoms with Crippen molar-refractivity contribution in [1.29, 1.82) is 0 Å². The Morgan fingerprint density at radius 1 is 1.56 bits per heavy atom. The van der Waals surface area contributed by atoms with Crippen molar-refractivity contribution in [3.8, 4) is 0 Å². The highest BCUT2D eigenvalue weighted by Gasteiger charge is 2.22. The van der Waals surface area contributed by atoms with Gasteiger partial charge in [-0.1, -0.05) is 6.92 Å². The van der Waals surface area contributed by atoms with Crippen molar-refractivity contribution in [1.82, 2.24) is 9.97 Å². The Morgan fingerprint density at radius 3 is 3.11 bits per heavy atom. The number of nitrogens with two attached hydrogens (primary N) is 1. The fourth-order valence-electron chi connectivity index (χ4n) is 2.10. The summed E-state index contributed by atoms with van der Waals surface area (Å²) in [4.78, 5) is 10.8. The second kappa shape index (κ2) is 6.33. The summed E-state index contributed by atoms with van der Waals surface area (Å²) in [5.41, 5.74) is 5.74. The number of hydrogen-bond donors (Lipinski definition) is 1. The summed E-state index contributed by atoms with van der Waals surface area (Å²) >= 11 is 3.35. The smallest absolute Gasteiger partial charge is 0.228 e. The number of hydrogen-bond acceptors (Lipinski definition) is 5. The molecule has 0 aromatic carbocycles. The van der Waals surface area contributed by atoms with E-state index >= 15 is 0 Å². The van der Waals surface area contributed by atoms with Crippen molar-refractivity contribution in [3.05, 3.63) is 10.7 Å². The lowest BCUT2D eigenvalue weighted by Crippen LogP contribution is -2.40. The number of anilines is 2. The van der Waals surface area contributed by atoms with E-state index in [4.69, 9.17) is 10.5 Å². The van der Waals surface area contributed by atoms with E-state index in [0.29, 0.717) is 11.8 Å². The molecule has 0 radical (unpaired) electrons. The Labute approximate surface area is 116 Å². The lowest BCUT2D eigenvalue weighted by Gasteiger charge is -2.32. The van der Waals surface area contributed by atoms with Crippen LogP contribution in [0.5, 0.6) is 0 Å². The molecule has 5 nitrogen and oxygen atoms in total. The normalized spacial score (nSPS) is 20.1. The number of nitrogens with zero attached hydrogens (tertiary/aromatic N) is 3. The molecule has 1 aromatic heterocycles. The molecular formula is C12H19BrN4O. The Kier molecular flexibility index (Phi) is 4.77. The van der Waals surface area contributed by atoms with Gasteiger partial charge in [-0.05, 0) is 35.2 Å². The van der Waals surface area contributed by atoms with Crippen LogP contribution in [0, 0.1) is 0 Å². The first-order chi connectivity index (χ1) is 8.69. The zero-order valence-electron chi connectivity index (χ0n) is 10.6. The van der Waals surface area contributed by atoms with E-state index in [-0.39, 0.29) is 6.10 Å². The van der Waals surface area contributed by atoms with Gasteiger partial charge in [0.15, 0.2) is 0 Å². The number of aromatic nitrogens is 2. The number of halogens is 1. The highest BCUT2D eigenvalue weighted by atomic mass is 79.9. The molecule has 2 N–H and O–H groups in total. The van der Waals surface area contributed by atoms with E-state index < -0.39 is 0 Å². The number of ether oxygens (including phenoxy) is 1. The quantitative estimate of drug-likeness (QED) is 0.863. The Balaban J connectivity index is 2.03. The minimum Gasteiger partial charge on any atom is -0.383 e. The molecule has 2 heterocycles. The summed E-state index contributed by atoms with van der Waals surface area (Å²) in [6.45, 7) is 4.75. The van der Waals surface area contributed by atoms with Gasteiger partial charge in [-0.3, -0.25) is 0 Å². The molecule has 1 aliphatic heterocycles. The lowest BCUT2D eigenvalue weighted by molar-refractivity contribution is 0.0437. The minimum atomic E-state index is 0.280. The van der Waals surface area contributed by atoms with Gasteiger partial charge < -0.3 is 15.4 Å². The molecule has 0 amide bonds. The van der Waals surface area contributed by atoms with Gasteiger partial charge in [0.25, 0.3) is 0 Å². The minimum absolute atomic E-state index is 0.280. The standard InChI is InChI=1S/C12H19BrN4O/c1-2-6-18-9-4-3-5-17(8-9)12-15-10(13)7-11(14)16-12/h7,9H,2-6,8H2,1H3,(H2,14,15,16). The zero-order chi connectivity index (χ0) is 13.0. The van der Waals surface area contributed by atoms with Crippen molar-refractivity contribution in [2.75, 3.05) is 30.3 Å². The summed E-state index contributed by atoms with van der Waals surface area (Å²) in [6.07, 6.45) is 3.54. The van der Waals surface area contributed by atoms with Gasteiger partial charge in [0.2, 0.25) is 5.95 Å². The highest BCUT2D eigenvalue weighted by Crippen LogP contribution is 2.21. The molecule has 1 fully saturated rings. The molecule has 0 aliphatic carbocycles. The van der Waals surface area contributed by atoms with Gasteiger partial charge in [-0.25, -0.2) is 4.98 Å². The molecule has 1 saturated heterocycles. The zero-order valence-corrected chi connectivity index (χ0v) is 12.2. The van der Waals surface area contributed by atoms with Crippen molar-refractivity contribution < 1.29 is 4.74 Å². The first-order valence-corrected chi connectivity index (χ1v) is 7.15. The van der Waals surface area contributed by atoms with E-state index in [0.717, 1.165) is 43.6 Å². The molecule has 1 atom stereocenters. The van der Waals surface area contributed by atoms with Crippen LogP contribution in [0.3, 0.4) is 0 Å². The van der Waals surface area contributed by atoms with Gasteiger partial charge in [-0.2, -0.15) is 4.98 Å². The summed E-state index contributed by atoms with van der Waals surface area (Å²) in [7, 11) is 0. The van der Waals surface area contributed by atoms with Gasteiger partial charge >= 0.3 is 0 Å². The molecule has 2 rings (SSSR count). The van der Waals surface area contributed by atoms with Gasteiger partial charge in [0, 0.05) is 25.8 Å². The fourth-order valence-corrected chi connectivity index (χ4v) is 2.50. The first kappa shape index (κ1) is 13.5. The topological polar surface area (TPSA) is 64.3 Å². The largest absolute Gasteiger partial charge is 0.383 e. The Bertz CT molecular complexity index is 381. The molecule has 1 unspecified atom stereocenters. The molecule has 0 spiro atoms. The molecule has 100 valence electrons. The summed E-state index contributed by atoms with van der Waals surface area (Å²) in [5, 5.41) is 0. The average Bonchev–Trinajstić information content (AvgIpc) is 2.35.